The highest BCUT2D eigenvalue weighted by Gasteiger charge is 2.30. The quantitative estimate of drug-likeness (QED) is 0.507. The van der Waals surface area contributed by atoms with Crippen LogP contribution in [0.2, 0.25) is 0 Å². The Labute approximate surface area is 160 Å². The number of phenolic OH excluding ortho intramolecular Hbond substituents is 1. The normalized spacial score (nSPS) is 11.5. The molecule has 2 N–H and O–H groups in total. The molecular formula is C18H17F2NO6S. The second kappa shape index (κ2) is 8.26. The molecule has 0 aliphatic rings. The van der Waals surface area contributed by atoms with E-state index in [0.29, 0.717) is 0 Å². The maximum Gasteiger partial charge on any atom is 0.401 e. The van der Waals surface area contributed by atoms with E-state index in [1.54, 1.807) is 0 Å². The highest BCUT2D eigenvalue weighted by Crippen LogP contribution is 2.28. The predicted octanol–water partition coefficient (Wildman–Crippen LogP) is 3.53. The van der Waals surface area contributed by atoms with Crippen molar-refractivity contribution in [3.8, 4) is 11.5 Å². The Kier molecular flexibility index (Phi) is 6.24. The molecular weight excluding hydrogens is 396 g/mol. The van der Waals surface area contributed by atoms with Gasteiger partial charge in [-0.2, -0.15) is 8.78 Å². The zero-order valence-corrected chi connectivity index (χ0v) is 15.5. The summed E-state index contributed by atoms with van der Waals surface area (Å²) in [6, 6.07) is 7.98. The van der Waals surface area contributed by atoms with E-state index in [1.165, 1.54) is 30.3 Å². The average molecular weight is 413 g/mol. The molecule has 150 valence electrons. The van der Waals surface area contributed by atoms with Crippen molar-refractivity contribution >= 4 is 21.7 Å². The third kappa shape index (κ3) is 5.19. The number of nitrogens with one attached hydrogen (secondary N) is 1. The molecule has 0 amide bonds. The zero-order valence-electron chi connectivity index (χ0n) is 14.7. The van der Waals surface area contributed by atoms with Crippen LogP contribution in [0.1, 0.15) is 16.8 Å². The van der Waals surface area contributed by atoms with Gasteiger partial charge in [0.25, 0.3) is 10.0 Å². The summed E-state index contributed by atoms with van der Waals surface area (Å²) in [5.41, 5.74) is -0.196. The lowest BCUT2D eigenvalue weighted by atomic mass is 10.2. The van der Waals surface area contributed by atoms with Crippen LogP contribution in [0, 0.1) is 0 Å². The van der Waals surface area contributed by atoms with Gasteiger partial charge in [0.05, 0.1) is 24.1 Å². The molecule has 0 unspecified atom stereocenters. The minimum Gasteiger partial charge on any atom is -0.507 e. The predicted molar refractivity (Wildman–Crippen MR) is 97.1 cm³/mol. The highest BCUT2D eigenvalue weighted by atomic mass is 32.2. The summed E-state index contributed by atoms with van der Waals surface area (Å²) in [5.74, 6) is -1.64. The number of benzene rings is 2. The molecule has 0 saturated heterocycles. The van der Waals surface area contributed by atoms with Crippen LogP contribution in [0.25, 0.3) is 0 Å². The van der Waals surface area contributed by atoms with Crippen molar-refractivity contribution in [2.24, 2.45) is 0 Å². The van der Waals surface area contributed by atoms with Gasteiger partial charge in [-0.3, -0.25) is 4.72 Å². The molecule has 0 bridgehead atoms. The standard InChI is InChI=1S/C18H17F2NO6S/c1-3-9-18(19,20)27-13-5-4-6-14(11-13)28(24,25)21-12-7-8-15(16(22)10-12)17(23)26-2/h3-8,10-11,21-22H,1,9H2,2H3. The number of methoxy groups -OCH3 is 1. The highest BCUT2D eigenvalue weighted by molar-refractivity contribution is 7.92. The number of carbonyl (C=O) groups excluding carboxylic acids is 1. The fraction of sp³-hybridized carbons (Fsp3) is 0.167. The monoisotopic (exact) mass is 413 g/mol. The number of anilines is 1. The molecule has 0 atom stereocenters. The molecule has 0 fully saturated rings. The number of hydrogen-bond donors (Lipinski definition) is 2. The molecule has 0 saturated carbocycles. The Morgan fingerprint density at radius 2 is 2.00 bits per heavy atom. The van der Waals surface area contributed by atoms with E-state index < -0.39 is 34.3 Å². The fourth-order valence-corrected chi connectivity index (χ4v) is 3.26. The van der Waals surface area contributed by atoms with Gasteiger partial charge in [0, 0.05) is 12.1 Å². The van der Waals surface area contributed by atoms with E-state index in [1.807, 2.05) is 0 Å². The Balaban J connectivity index is 2.26. The molecule has 28 heavy (non-hydrogen) atoms. The van der Waals surface area contributed by atoms with E-state index in [0.717, 1.165) is 25.3 Å². The van der Waals surface area contributed by atoms with Crippen LogP contribution in [0.4, 0.5) is 14.5 Å². The number of esters is 1. The smallest absolute Gasteiger partial charge is 0.401 e. The van der Waals surface area contributed by atoms with Crippen LogP contribution in [-0.2, 0) is 14.8 Å². The van der Waals surface area contributed by atoms with E-state index >= 15 is 0 Å². The van der Waals surface area contributed by atoms with Gasteiger partial charge >= 0.3 is 12.1 Å². The third-order valence-electron chi connectivity index (χ3n) is 3.42. The van der Waals surface area contributed by atoms with Crippen molar-refractivity contribution in [1.82, 2.24) is 0 Å². The second-order valence-electron chi connectivity index (χ2n) is 5.54. The summed E-state index contributed by atoms with van der Waals surface area (Å²) in [6.45, 7) is 3.21. The van der Waals surface area contributed by atoms with Crippen LogP contribution >= 0.6 is 0 Å². The summed E-state index contributed by atoms with van der Waals surface area (Å²) in [5, 5.41) is 9.84. The van der Waals surface area contributed by atoms with Crippen molar-refractivity contribution in [2.45, 2.75) is 17.4 Å². The Morgan fingerprint density at radius 1 is 1.29 bits per heavy atom. The van der Waals surface area contributed by atoms with Crippen molar-refractivity contribution in [2.75, 3.05) is 11.8 Å². The Morgan fingerprint density at radius 3 is 2.61 bits per heavy atom. The maximum absolute atomic E-state index is 13.5. The van der Waals surface area contributed by atoms with E-state index in [9.17, 15) is 27.1 Å². The van der Waals surface area contributed by atoms with Gasteiger partial charge in [-0.25, -0.2) is 13.2 Å². The molecule has 0 radical (unpaired) electrons. The van der Waals surface area contributed by atoms with Crippen LogP contribution in [-0.4, -0.2) is 32.7 Å². The van der Waals surface area contributed by atoms with Gasteiger partial charge < -0.3 is 14.6 Å². The summed E-state index contributed by atoms with van der Waals surface area (Å²) >= 11 is 0. The number of halogens is 2. The number of sulfonamides is 1. The number of rotatable bonds is 8. The molecule has 7 nitrogen and oxygen atoms in total. The molecule has 2 aromatic carbocycles. The minimum atomic E-state index is -4.18. The SMILES string of the molecule is C=CCC(F)(F)Oc1cccc(S(=O)(=O)Nc2ccc(C(=O)OC)c(O)c2)c1. The van der Waals surface area contributed by atoms with Gasteiger partial charge in [0.1, 0.15) is 17.1 Å². The molecule has 2 aromatic rings. The first kappa shape index (κ1) is 21.2. The number of ether oxygens (including phenoxy) is 2. The largest absolute Gasteiger partial charge is 0.507 e. The van der Waals surface area contributed by atoms with Gasteiger partial charge in [-0.05, 0) is 24.3 Å². The van der Waals surface area contributed by atoms with Crippen LogP contribution < -0.4 is 9.46 Å². The molecule has 0 aliphatic heterocycles. The van der Waals surface area contributed by atoms with E-state index in [4.69, 9.17) is 0 Å². The number of carbonyl (C=O) groups is 1. The van der Waals surface area contributed by atoms with Crippen LogP contribution in [0.3, 0.4) is 0 Å². The van der Waals surface area contributed by atoms with Crippen molar-refractivity contribution < 1.29 is 36.6 Å². The van der Waals surface area contributed by atoms with E-state index in [2.05, 4.69) is 20.8 Å². The number of aromatic hydroxyl groups is 1. The lowest BCUT2D eigenvalue weighted by molar-refractivity contribution is -0.172. The topological polar surface area (TPSA) is 102 Å². The first-order valence-corrected chi connectivity index (χ1v) is 9.28. The van der Waals surface area contributed by atoms with Crippen molar-refractivity contribution in [3.63, 3.8) is 0 Å². The first-order chi connectivity index (χ1) is 13.1. The van der Waals surface area contributed by atoms with Crippen molar-refractivity contribution in [1.29, 1.82) is 0 Å². The van der Waals surface area contributed by atoms with Crippen molar-refractivity contribution in [3.05, 3.63) is 60.7 Å². The van der Waals surface area contributed by atoms with E-state index in [-0.39, 0.29) is 21.9 Å². The Hall–Kier alpha value is -3.14. The lowest BCUT2D eigenvalue weighted by Gasteiger charge is -2.17. The summed E-state index contributed by atoms with van der Waals surface area (Å²) in [6.07, 6.45) is -3.30. The molecule has 0 spiro atoms. The van der Waals surface area contributed by atoms with Gasteiger partial charge in [-0.15, -0.1) is 6.58 Å². The summed E-state index contributed by atoms with van der Waals surface area (Å²) in [4.78, 5) is 11.1. The number of hydrogen-bond acceptors (Lipinski definition) is 6. The molecule has 10 heteroatoms. The first-order valence-electron chi connectivity index (χ1n) is 7.80. The Bertz CT molecular complexity index is 991. The average Bonchev–Trinajstić information content (AvgIpc) is 2.60. The number of phenols is 1. The summed E-state index contributed by atoms with van der Waals surface area (Å²) in [7, 11) is -3.05. The zero-order chi connectivity index (χ0) is 20.9. The molecule has 0 aliphatic carbocycles. The fourth-order valence-electron chi connectivity index (χ4n) is 2.18. The lowest BCUT2D eigenvalue weighted by Crippen LogP contribution is -2.23. The maximum atomic E-state index is 13.5. The van der Waals surface area contributed by atoms with Crippen LogP contribution in [0.15, 0.2) is 60.0 Å². The number of alkyl halides is 2. The van der Waals surface area contributed by atoms with Gasteiger partial charge in [-0.1, -0.05) is 12.1 Å². The molecule has 0 aromatic heterocycles. The third-order valence-corrected chi connectivity index (χ3v) is 4.80. The molecule has 2 rings (SSSR count). The van der Waals surface area contributed by atoms with Gasteiger partial charge in [0.15, 0.2) is 0 Å². The molecule has 0 heterocycles. The minimum absolute atomic E-state index is 0.0477. The van der Waals surface area contributed by atoms with Crippen LogP contribution in [0.5, 0.6) is 11.5 Å². The second-order valence-corrected chi connectivity index (χ2v) is 7.22. The van der Waals surface area contributed by atoms with Gasteiger partial charge in [0.2, 0.25) is 0 Å². The summed E-state index contributed by atoms with van der Waals surface area (Å²) < 4.78 is 63.2.